The van der Waals surface area contributed by atoms with Gasteiger partial charge in [-0.1, -0.05) is 18.7 Å². The lowest BCUT2D eigenvalue weighted by molar-refractivity contribution is 0.636. The van der Waals surface area contributed by atoms with Crippen molar-refractivity contribution < 1.29 is 0 Å². The van der Waals surface area contributed by atoms with Crippen molar-refractivity contribution in [2.45, 2.75) is 36.1 Å². The van der Waals surface area contributed by atoms with E-state index in [1.54, 1.807) is 30.9 Å². The summed E-state index contributed by atoms with van der Waals surface area (Å²) in [6.07, 6.45) is 6.90. The summed E-state index contributed by atoms with van der Waals surface area (Å²) in [6.45, 7) is 5.88. The predicted molar refractivity (Wildman–Crippen MR) is 77.3 cm³/mol. The second-order valence-corrected chi connectivity index (χ2v) is 6.50. The van der Waals surface area contributed by atoms with Crippen molar-refractivity contribution >= 4 is 23.4 Å². The number of alkyl halides is 1. The Morgan fingerprint density at radius 2 is 1.84 bits per heavy atom. The van der Waals surface area contributed by atoms with Gasteiger partial charge in [-0.25, -0.2) is 9.97 Å². The van der Waals surface area contributed by atoms with Gasteiger partial charge in [-0.05, 0) is 19.9 Å². The zero-order chi connectivity index (χ0) is 13.9. The number of rotatable bonds is 4. The molecule has 0 aliphatic rings. The zero-order valence-electron chi connectivity index (χ0n) is 11.0. The first kappa shape index (κ1) is 14.2. The fourth-order valence-corrected chi connectivity index (χ4v) is 2.60. The van der Waals surface area contributed by atoms with Gasteiger partial charge in [0, 0.05) is 23.8 Å². The molecule has 6 heteroatoms. The summed E-state index contributed by atoms with van der Waals surface area (Å²) >= 11 is 8.16. The van der Waals surface area contributed by atoms with Gasteiger partial charge in [0.2, 0.25) is 0 Å². The third-order valence-corrected chi connectivity index (χ3v) is 4.77. The molecule has 2 aromatic heterocycles. The van der Waals surface area contributed by atoms with Crippen LogP contribution in [0.5, 0.6) is 0 Å². The molecule has 0 radical (unpaired) electrons. The molecule has 0 N–H and O–H groups in total. The van der Waals surface area contributed by atoms with Crippen molar-refractivity contribution in [3.63, 3.8) is 0 Å². The summed E-state index contributed by atoms with van der Waals surface area (Å²) in [6, 6.07) is 1.79. The quantitative estimate of drug-likeness (QED) is 0.492. The molecule has 0 bridgehead atoms. The van der Waals surface area contributed by atoms with Crippen LogP contribution in [-0.4, -0.2) is 25.2 Å². The van der Waals surface area contributed by atoms with Gasteiger partial charge in [-0.2, -0.15) is 0 Å². The Labute approximate surface area is 122 Å². The van der Waals surface area contributed by atoms with E-state index in [2.05, 4.69) is 19.9 Å². The number of aryl methyl sites for hydroxylation is 1. The zero-order valence-corrected chi connectivity index (χ0v) is 12.6. The normalized spacial score (nSPS) is 15.8. The van der Waals surface area contributed by atoms with Gasteiger partial charge < -0.3 is 0 Å². The highest BCUT2D eigenvalue weighted by Gasteiger charge is 2.33. The lowest BCUT2D eigenvalue weighted by atomic mass is 10.0. The molecule has 2 atom stereocenters. The van der Waals surface area contributed by atoms with Crippen molar-refractivity contribution in [1.82, 2.24) is 19.9 Å². The van der Waals surface area contributed by atoms with Crippen LogP contribution in [0.3, 0.4) is 0 Å². The molecule has 2 aromatic rings. The monoisotopic (exact) mass is 294 g/mol. The maximum Gasteiger partial charge on any atom is 0.187 e. The van der Waals surface area contributed by atoms with Crippen LogP contribution in [0.1, 0.15) is 25.2 Å². The van der Waals surface area contributed by atoms with Crippen LogP contribution >= 0.6 is 23.4 Å². The Kier molecular flexibility index (Phi) is 4.37. The first-order valence-electron chi connectivity index (χ1n) is 5.92. The standard InChI is InChI=1S/C13H15ClN4S/c1-9-7-18-11(8-17-9)13(3,14)10(2)19-12-15-5-4-6-16-12/h4-8,10H,1-3H3/t10-,13+/m0/s1. The molecule has 19 heavy (non-hydrogen) atoms. The minimum Gasteiger partial charge on any atom is -0.258 e. The van der Waals surface area contributed by atoms with Gasteiger partial charge in [0.05, 0.1) is 22.5 Å². The molecule has 2 rings (SSSR count). The number of hydrogen-bond donors (Lipinski definition) is 0. The van der Waals surface area contributed by atoms with E-state index >= 15 is 0 Å². The number of hydrogen-bond acceptors (Lipinski definition) is 5. The number of halogens is 1. The highest BCUT2D eigenvalue weighted by atomic mass is 35.5. The molecule has 0 fully saturated rings. The smallest absolute Gasteiger partial charge is 0.187 e. The van der Waals surface area contributed by atoms with Crippen LogP contribution in [0.15, 0.2) is 36.0 Å². The van der Waals surface area contributed by atoms with Gasteiger partial charge >= 0.3 is 0 Å². The molecular weight excluding hydrogens is 280 g/mol. The lowest BCUT2D eigenvalue weighted by Crippen LogP contribution is -2.27. The molecule has 0 aromatic carbocycles. The Morgan fingerprint density at radius 3 is 2.42 bits per heavy atom. The molecule has 2 heterocycles. The van der Waals surface area contributed by atoms with E-state index in [0.29, 0.717) is 5.16 Å². The lowest BCUT2D eigenvalue weighted by Gasteiger charge is -2.27. The second-order valence-electron chi connectivity index (χ2n) is 4.41. The maximum absolute atomic E-state index is 6.64. The van der Waals surface area contributed by atoms with Gasteiger partial charge in [0.25, 0.3) is 0 Å². The van der Waals surface area contributed by atoms with Crippen molar-refractivity contribution in [1.29, 1.82) is 0 Å². The minimum atomic E-state index is -0.620. The van der Waals surface area contributed by atoms with Gasteiger partial charge in [-0.15, -0.1) is 11.6 Å². The number of aromatic nitrogens is 4. The first-order chi connectivity index (χ1) is 9.00. The summed E-state index contributed by atoms with van der Waals surface area (Å²) in [7, 11) is 0. The third kappa shape index (κ3) is 3.42. The fraction of sp³-hybridized carbons (Fsp3) is 0.385. The topological polar surface area (TPSA) is 51.6 Å². The van der Waals surface area contributed by atoms with E-state index in [1.165, 1.54) is 11.8 Å². The predicted octanol–water partition coefficient (Wildman–Crippen LogP) is 3.21. The highest BCUT2D eigenvalue weighted by Crippen LogP contribution is 2.39. The van der Waals surface area contributed by atoms with E-state index in [9.17, 15) is 0 Å². The van der Waals surface area contributed by atoms with Crippen molar-refractivity contribution in [3.8, 4) is 0 Å². The SMILES string of the molecule is Cc1cnc([C@](C)(Cl)[C@H](C)Sc2ncccn2)cn1. The van der Waals surface area contributed by atoms with Gasteiger partial charge in [0.1, 0.15) is 0 Å². The van der Waals surface area contributed by atoms with Crippen molar-refractivity contribution in [2.24, 2.45) is 0 Å². The minimum absolute atomic E-state index is 0.0635. The summed E-state index contributed by atoms with van der Waals surface area (Å²) in [5, 5.41) is 0.774. The van der Waals surface area contributed by atoms with Crippen LogP contribution < -0.4 is 0 Å². The molecule has 0 unspecified atom stereocenters. The maximum atomic E-state index is 6.64. The number of thioether (sulfide) groups is 1. The summed E-state index contributed by atoms with van der Waals surface area (Å²) in [5.74, 6) is 0. The largest absolute Gasteiger partial charge is 0.258 e. The van der Waals surface area contributed by atoms with Crippen LogP contribution in [0.25, 0.3) is 0 Å². The van der Waals surface area contributed by atoms with Crippen molar-refractivity contribution in [3.05, 3.63) is 42.2 Å². The molecule has 0 saturated heterocycles. The fourth-order valence-electron chi connectivity index (χ4n) is 1.47. The van der Waals surface area contributed by atoms with Crippen LogP contribution in [0, 0.1) is 6.92 Å². The average Bonchev–Trinajstić information content (AvgIpc) is 2.40. The van der Waals surface area contributed by atoms with Gasteiger partial charge in [0.15, 0.2) is 5.16 Å². The summed E-state index contributed by atoms with van der Waals surface area (Å²) in [4.78, 5) is 16.4. The molecule has 0 aliphatic heterocycles. The Morgan fingerprint density at radius 1 is 1.16 bits per heavy atom. The third-order valence-electron chi connectivity index (χ3n) is 2.87. The molecule has 0 spiro atoms. The molecular formula is C13H15ClN4S. The van der Waals surface area contributed by atoms with E-state index in [-0.39, 0.29) is 5.25 Å². The second kappa shape index (κ2) is 5.84. The molecule has 0 aliphatic carbocycles. The molecule has 100 valence electrons. The van der Waals surface area contributed by atoms with Crippen LogP contribution in [-0.2, 0) is 4.87 Å². The highest BCUT2D eigenvalue weighted by molar-refractivity contribution is 7.99. The molecule has 0 saturated carbocycles. The van der Waals surface area contributed by atoms with E-state index in [1.807, 2.05) is 20.8 Å². The van der Waals surface area contributed by atoms with E-state index in [0.717, 1.165) is 11.4 Å². The van der Waals surface area contributed by atoms with Gasteiger partial charge in [-0.3, -0.25) is 9.97 Å². The number of nitrogens with zero attached hydrogens (tertiary/aromatic N) is 4. The van der Waals surface area contributed by atoms with Crippen LogP contribution in [0.2, 0.25) is 0 Å². The van der Waals surface area contributed by atoms with Crippen LogP contribution in [0.4, 0.5) is 0 Å². The molecule has 0 amide bonds. The summed E-state index contributed by atoms with van der Waals surface area (Å²) in [5.41, 5.74) is 1.64. The Bertz CT molecular complexity index is 530. The Balaban J connectivity index is 2.17. The van der Waals surface area contributed by atoms with Crippen molar-refractivity contribution in [2.75, 3.05) is 0 Å². The van der Waals surface area contributed by atoms with E-state index < -0.39 is 4.87 Å². The van der Waals surface area contributed by atoms with E-state index in [4.69, 9.17) is 11.6 Å². The molecule has 4 nitrogen and oxygen atoms in total. The Hall–Kier alpha value is -1.20. The first-order valence-corrected chi connectivity index (χ1v) is 7.17. The summed E-state index contributed by atoms with van der Waals surface area (Å²) < 4.78 is 0. The average molecular weight is 295 g/mol.